The minimum absolute atomic E-state index is 0.369. The summed E-state index contributed by atoms with van der Waals surface area (Å²) < 4.78 is 10.9. The van der Waals surface area contributed by atoms with Gasteiger partial charge in [0.1, 0.15) is 13.2 Å². The van der Waals surface area contributed by atoms with Gasteiger partial charge in [-0.15, -0.1) is 0 Å². The largest absolute Gasteiger partial charge is 0.486 e. The van der Waals surface area contributed by atoms with Crippen LogP contribution in [0.25, 0.3) is 0 Å². The van der Waals surface area contributed by atoms with Crippen molar-refractivity contribution in [3.63, 3.8) is 0 Å². The number of amides is 2. The molecule has 0 bridgehead atoms. The van der Waals surface area contributed by atoms with Crippen molar-refractivity contribution in [3.8, 4) is 11.5 Å². The smallest absolute Gasteiger partial charge is 0.313 e. The zero-order chi connectivity index (χ0) is 16.9. The molecule has 0 aliphatic carbocycles. The maximum absolute atomic E-state index is 12.2. The average molecular weight is 326 g/mol. The Morgan fingerprint density at radius 3 is 2.50 bits per heavy atom. The number of hydrogen-bond acceptors (Lipinski definition) is 4. The molecule has 1 aliphatic heterocycles. The SMILES string of the molecule is CN(Cc1ccccc1)C(=O)C(=O)Nc1ccc2c(c1)OCCO2. The highest BCUT2D eigenvalue weighted by molar-refractivity contribution is 6.39. The fourth-order valence-electron chi connectivity index (χ4n) is 2.41. The molecule has 1 heterocycles. The van der Waals surface area contributed by atoms with Crippen LogP contribution in [0.4, 0.5) is 5.69 Å². The zero-order valence-corrected chi connectivity index (χ0v) is 13.3. The molecule has 2 aromatic rings. The summed E-state index contributed by atoms with van der Waals surface area (Å²) >= 11 is 0. The van der Waals surface area contributed by atoms with Crippen LogP contribution in [0.5, 0.6) is 11.5 Å². The van der Waals surface area contributed by atoms with Gasteiger partial charge >= 0.3 is 11.8 Å². The minimum Gasteiger partial charge on any atom is -0.486 e. The van der Waals surface area contributed by atoms with Gasteiger partial charge in [0.15, 0.2) is 11.5 Å². The Kier molecular flexibility index (Phi) is 4.65. The molecule has 2 aromatic carbocycles. The summed E-state index contributed by atoms with van der Waals surface area (Å²) in [7, 11) is 1.60. The molecule has 1 N–H and O–H groups in total. The average Bonchev–Trinajstić information content (AvgIpc) is 2.61. The first kappa shape index (κ1) is 15.9. The Hall–Kier alpha value is -3.02. The lowest BCUT2D eigenvalue weighted by atomic mass is 10.2. The van der Waals surface area contributed by atoms with Gasteiger partial charge in [0, 0.05) is 25.3 Å². The molecule has 0 atom stereocenters. The Labute approximate surface area is 140 Å². The number of ether oxygens (including phenoxy) is 2. The Morgan fingerprint density at radius 1 is 1.04 bits per heavy atom. The van der Waals surface area contributed by atoms with Gasteiger partial charge in [0.2, 0.25) is 0 Å². The van der Waals surface area contributed by atoms with E-state index in [0.717, 1.165) is 5.56 Å². The molecular weight excluding hydrogens is 308 g/mol. The van der Waals surface area contributed by atoms with Crippen molar-refractivity contribution >= 4 is 17.5 Å². The van der Waals surface area contributed by atoms with Gasteiger partial charge in [-0.1, -0.05) is 30.3 Å². The summed E-state index contributed by atoms with van der Waals surface area (Å²) in [5.74, 6) is -0.102. The van der Waals surface area contributed by atoms with Crippen molar-refractivity contribution in [2.75, 3.05) is 25.6 Å². The highest BCUT2D eigenvalue weighted by Gasteiger charge is 2.20. The molecule has 0 saturated heterocycles. The number of rotatable bonds is 3. The molecular formula is C18H18N2O4. The zero-order valence-electron chi connectivity index (χ0n) is 13.3. The van der Waals surface area contributed by atoms with Gasteiger partial charge in [-0.2, -0.15) is 0 Å². The summed E-state index contributed by atoms with van der Waals surface area (Å²) in [5, 5.41) is 2.59. The lowest BCUT2D eigenvalue weighted by Crippen LogP contribution is -2.36. The third-order valence-corrected chi connectivity index (χ3v) is 3.60. The predicted octanol–water partition coefficient (Wildman–Crippen LogP) is 2.05. The van der Waals surface area contributed by atoms with E-state index in [1.54, 1.807) is 25.2 Å². The number of benzene rings is 2. The van der Waals surface area contributed by atoms with E-state index in [-0.39, 0.29) is 0 Å². The Bertz CT molecular complexity index is 746. The van der Waals surface area contributed by atoms with Crippen LogP contribution in [-0.2, 0) is 16.1 Å². The summed E-state index contributed by atoms with van der Waals surface area (Å²) in [6, 6.07) is 14.5. The molecule has 6 heteroatoms. The van der Waals surface area contributed by atoms with Crippen molar-refractivity contribution in [1.82, 2.24) is 4.90 Å². The fraction of sp³-hybridized carbons (Fsp3) is 0.222. The number of nitrogens with zero attached hydrogens (tertiary/aromatic N) is 1. The fourth-order valence-corrected chi connectivity index (χ4v) is 2.41. The van der Waals surface area contributed by atoms with Crippen LogP contribution in [0.2, 0.25) is 0 Å². The molecule has 124 valence electrons. The van der Waals surface area contributed by atoms with E-state index in [1.807, 2.05) is 30.3 Å². The van der Waals surface area contributed by atoms with E-state index < -0.39 is 11.8 Å². The molecule has 0 fully saturated rings. The van der Waals surface area contributed by atoms with Crippen LogP contribution >= 0.6 is 0 Å². The summed E-state index contributed by atoms with van der Waals surface area (Å²) in [6.07, 6.45) is 0. The van der Waals surface area contributed by atoms with Gasteiger partial charge in [0.25, 0.3) is 0 Å². The van der Waals surface area contributed by atoms with Crippen molar-refractivity contribution in [2.24, 2.45) is 0 Å². The van der Waals surface area contributed by atoms with Crippen LogP contribution in [0.1, 0.15) is 5.56 Å². The maximum Gasteiger partial charge on any atom is 0.313 e. The molecule has 0 aromatic heterocycles. The summed E-state index contributed by atoms with van der Waals surface area (Å²) in [4.78, 5) is 25.7. The number of nitrogens with one attached hydrogen (secondary N) is 1. The lowest BCUT2D eigenvalue weighted by molar-refractivity contribution is -0.142. The molecule has 3 rings (SSSR count). The standard InChI is InChI=1S/C18H18N2O4/c1-20(12-13-5-3-2-4-6-13)18(22)17(21)19-14-7-8-15-16(11-14)24-10-9-23-15/h2-8,11H,9-10,12H2,1H3,(H,19,21). The molecule has 6 nitrogen and oxygen atoms in total. The highest BCUT2D eigenvalue weighted by Crippen LogP contribution is 2.32. The van der Waals surface area contributed by atoms with Crippen molar-refractivity contribution in [3.05, 3.63) is 54.1 Å². The summed E-state index contributed by atoms with van der Waals surface area (Å²) in [5.41, 5.74) is 1.45. The number of fused-ring (bicyclic) bond motifs is 1. The first-order valence-corrected chi connectivity index (χ1v) is 7.63. The Balaban J connectivity index is 1.62. The van der Waals surface area contributed by atoms with Gasteiger partial charge in [0.05, 0.1) is 0 Å². The number of hydrogen-bond donors (Lipinski definition) is 1. The summed E-state index contributed by atoms with van der Waals surface area (Å²) in [6.45, 7) is 1.33. The third-order valence-electron chi connectivity index (χ3n) is 3.60. The van der Waals surface area contributed by atoms with E-state index in [4.69, 9.17) is 9.47 Å². The second-order valence-electron chi connectivity index (χ2n) is 5.46. The van der Waals surface area contributed by atoms with Crippen LogP contribution in [0, 0.1) is 0 Å². The van der Waals surface area contributed by atoms with Crippen molar-refractivity contribution in [2.45, 2.75) is 6.54 Å². The van der Waals surface area contributed by atoms with Crippen LogP contribution in [0.3, 0.4) is 0 Å². The Morgan fingerprint density at radius 2 is 1.75 bits per heavy atom. The van der Waals surface area contributed by atoms with Gasteiger partial charge in [-0.05, 0) is 17.7 Å². The molecule has 0 saturated carbocycles. The maximum atomic E-state index is 12.2. The molecule has 0 unspecified atom stereocenters. The number of anilines is 1. The molecule has 0 spiro atoms. The number of carbonyl (C=O) groups excluding carboxylic acids is 2. The molecule has 1 aliphatic rings. The third kappa shape index (κ3) is 3.65. The van der Waals surface area contributed by atoms with Crippen molar-refractivity contribution in [1.29, 1.82) is 0 Å². The van der Waals surface area contributed by atoms with E-state index in [0.29, 0.717) is 36.9 Å². The first-order valence-electron chi connectivity index (χ1n) is 7.63. The van der Waals surface area contributed by atoms with E-state index in [1.165, 1.54) is 4.90 Å². The van der Waals surface area contributed by atoms with E-state index in [2.05, 4.69) is 5.32 Å². The molecule has 2 amide bonds. The van der Waals surface area contributed by atoms with E-state index >= 15 is 0 Å². The molecule has 24 heavy (non-hydrogen) atoms. The van der Waals surface area contributed by atoms with Crippen molar-refractivity contribution < 1.29 is 19.1 Å². The van der Waals surface area contributed by atoms with Crippen LogP contribution < -0.4 is 14.8 Å². The molecule has 0 radical (unpaired) electrons. The number of likely N-dealkylation sites (N-methyl/N-ethyl adjacent to an activating group) is 1. The van der Waals surface area contributed by atoms with Gasteiger partial charge in [-0.25, -0.2) is 0 Å². The number of carbonyl (C=O) groups is 2. The highest BCUT2D eigenvalue weighted by atomic mass is 16.6. The van der Waals surface area contributed by atoms with E-state index in [9.17, 15) is 9.59 Å². The van der Waals surface area contributed by atoms with Gasteiger partial charge < -0.3 is 19.7 Å². The topological polar surface area (TPSA) is 67.9 Å². The normalized spacial score (nSPS) is 12.4. The second-order valence-corrected chi connectivity index (χ2v) is 5.46. The quantitative estimate of drug-likeness (QED) is 0.877. The second kappa shape index (κ2) is 7.04. The van der Waals surface area contributed by atoms with Crippen LogP contribution in [-0.4, -0.2) is 37.0 Å². The van der Waals surface area contributed by atoms with Crippen LogP contribution in [0.15, 0.2) is 48.5 Å². The first-order chi connectivity index (χ1) is 11.6. The van der Waals surface area contributed by atoms with Gasteiger partial charge in [-0.3, -0.25) is 9.59 Å². The lowest BCUT2D eigenvalue weighted by Gasteiger charge is -2.19. The monoisotopic (exact) mass is 326 g/mol. The minimum atomic E-state index is -0.690. The predicted molar refractivity (Wildman–Crippen MR) is 89.0 cm³/mol.